The normalized spacial score (nSPS) is 13.5. The maximum atomic E-state index is 12.3. The monoisotopic (exact) mass is 421 g/mol. The lowest BCUT2D eigenvalue weighted by Crippen LogP contribution is -2.36. The zero-order valence-corrected chi connectivity index (χ0v) is 17.6. The number of rotatable bonds is 8. The quantitative estimate of drug-likeness (QED) is 0.679. The summed E-state index contributed by atoms with van der Waals surface area (Å²) in [4.78, 5) is 28.5. The number of nitriles is 1. The molecule has 1 saturated heterocycles. The number of ether oxygens (including phenoxy) is 1. The summed E-state index contributed by atoms with van der Waals surface area (Å²) in [6.07, 6.45) is 0.220. The molecule has 0 radical (unpaired) electrons. The van der Waals surface area contributed by atoms with Crippen LogP contribution in [-0.4, -0.2) is 63.2 Å². The Balaban J connectivity index is 1.41. The first-order valence-corrected chi connectivity index (χ1v) is 10.3. The Hall–Kier alpha value is -3.41. The highest BCUT2D eigenvalue weighted by molar-refractivity contribution is 5.93. The van der Waals surface area contributed by atoms with Gasteiger partial charge in [-0.05, 0) is 43.4 Å². The number of carbonyl (C=O) groups excluding carboxylic acids is 2. The number of morpholine rings is 1. The second-order valence-corrected chi connectivity index (χ2v) is 7.39. The summed E-state index contributed by atoms with van der Waals surface area (Å²) < 4.78 is 5.37. The van der Waals surface area contributed by atoms with Crippen LogP contribution in [-0.2, 0) is 14.3 Å². The third-order valence-corrected chi connectivity index (χ3v) is 4.98. The molecule has 2 amide bonds. The van der Waals surface area contributed by atoms with E-state index in [0.29, 0.717) is 17.8 Å². The average molecular weight is 422 g/mol. The van der Waals surface area contributed by atoms with Crippen LogP contribution in [0, 0.1) is 11.3 Å². The number of nitrogens with one attached hydrogen (secondary N) is 2. The van der Waals surface area contributed by atoms with Gasteiger partial charge in [0.05, 0.1) is 31.0 Å². The Morgan fingerprint density at radius 1 is 1.06 bits per heavy atom. The number of hydrogen-bond acceptors (Lipinski definition) is 6. The van der Waals surface area contributed by atoms with Crippen molar-refractivity contribution in [1.82, 2.24) is 4.90 Å². The number of para-hydroxylation sites is 1. The minimum Gasteiger partial charge on any atom is -0.378 e. The second kappa shape index (κ2) is 11.1. The predicted octanol–water partition coefficient (Wildman–Crippen LogP) is 2.29. The van der Waals surface area contributed by atoms with Gasteiger partial charge in [0.1, 0.15) is 6.07 Å². The first-order chi connectivity index (χ1) is 15.0. The number of amides is 2. The number of likely N-dealkylation sites (N-methyl/N-ethyl adjacent to an activating group) is 1. The Morgan fingerprint density at radius 3 is 2.48 bits per heavy atom. The van der Waals surface area contributed by atoms with Gasteiger partial charge >= 0.3 is 0 Å². The molecule has 2 N–H and O–H groups in total. The molecule has 8 nitrogen and oxygen atoms in total. The van der Waals surface area contributed by atoms with Crippen molar-refractivity contribution in [2.75, 3.05) is 62.0 Å². The lowest BCUT2D eigenvalue weighted by Gasteiger charge is -2.28. The molecule has 0 spiro atoms. The maximum absolute atomic E-state index is 12.3. The van der Waals surface area contributed by atoms with Crippen LogP contribution in [0.15, 0.2) is 48.5 Å². The maximum Gasteiger partial charge on any atom is 0.238 e. The summed E-state index contributed by atoms with van der Waals surface area (Å²) >= 11 is 0. The molecule has 0 saturated carbocycles. The highest BCUT2D eigenvalue weighted by Crippen LogP contribution is 2.19. The summed E-state index contributed by atoms with van der Waals surface area (Å²) in [5.74, 6) is -0.342. The molecule has 31 heavy (non-hydrogen) atoms. The van der Waals surface area contributed by atoms with Crippen molar-refractivity contribution in [2.24, 2.45) is 0 Å². The average Bonchev–Trinajstić information content (AvgIpc) is 2.79. The SMILES string of the molecule is CN(CCC(=O)Nc1ccccc1C#N)CC(=O)Nc1ccc(N2CCOCC2)cc1. The molecule has 0 unspecified atom stereocenters. The van der Waals surface area contributed by atoms with Gasteiger partial charge in [-0.1, -0.05) is 12.1 Å². The van der Waals surface area contributed by atoms with E-state index in [2.05, 4.69) is 21.6 Å². The van der Waals surface area contributed by atoms with Gasteiger partial charge in [0.15, 0.2) is 0 Å². The fraction of sp³-hybridized carbons (Fsp3) is 0.348. The number of hydrogen-bond donors (Lipinski definition) is 2. The molecule has 2 aromatic rings. The van der Waals surface area contributed by atoms with Crippen molar-refractivity contribution in [3.05, 3.63) is 54.1 Å². The van der Waals surface area contributed by atoms with E-state index >= 15 is 0 Å². The number of carbonyl (C=O) groups is 2. The van der Waals surface area contributed by atoms with Crippen LogP contribution in [0.2, 0.25) is 0 Å². The van der Waals surface area contributed by atoms with E-state index in [0.717, 1.165) is 37.7 Å². The van der Waals surface area contributed by atoms with Crippen LogP contribution < -0.4 is 15.5 Å². The summed E-state index contributed by atoms with van der Waals surface area (Å²) in [5.41, 5.74) is 2.77. The van der Waals surface area contributed by atoms with E-state index < -0.39 is 0 Å². The van der Waals surface area contributed by atoms with Crippen LogP contribution in [0.1, 0.15) is 12.0 Å². The van der Waals surface area contributed by atoms with Crippen molar-refractivity contribution in [1.29, 1.82) is 5.26 Å². The van der Waals surface area contributed by atoms with E-state index in [4.69, 9.17) is 10.00 Å². The van der Waals surface area contributed by atoms with Gasteiger partial charge in [-0.3, -0.25) is 14.5 Å². The molecule has 1 heterocycles. The zero-order valence-electron chi connectivity index (χ0n) is 17.6. The Labute approximate surface area is 182 Å². The molecular weight excluding hydrogens is 394 g/mol. The van der Waals surface area contributed by atoms with Gasteiger partial charge in [-0.15, -0.1) is 0 Å². The fourth-order valence-corrected chi connectivity index (χ4v) is 3.30. The van der Waals surface area contributed by atoms with Crippen molar-refractivity contribution < 1.29 is 14.3 Å². The number of anilines is 3. The molecule has 1 fully saturated rings. The smallest absolute Gasteiger partial charge is 0.238 e. The highest BCUT2D eigenvalue weighted by atomic mass is 16.5. The van der Waals surface area contributed by atoms with Crippen molar-refractivity contribution >= 4 is 28.9 Å². The lowest BCUT2D eigenvalue weighted by atomic mass is 10.2. The highest BCUT2D eigenvalue weighted by Gasteiger charge is 2.13. The van der Waals surface area contributed by atoms with Crippen molar-refractivity contribution in [3.63, 3.8) is 0 Å². The molecule has 2 aromatic carbocycles. The fourth-order valence-electron chi connectivity index (χ4n) is 3.30. The Kier molecular flexibility index (Phi) is 7.98. The molecule has 0 bridgehead atoms. The van der Waals surface area contributed by atoms with E-state index in [1.807, 2.05) is 24.3 Å². The topological polar surface area (TPSA) is 97.7 Å². The molecule has 162 valence electrons. The minimum atomic E-state index is -0.200. The van der Waals surface area contributed by atoms with E-state index in [1.165, 1.54) is 0 Å². The van der Waals surface area contributed by atoms with Crippen LogP contribution in [0.4, 0.5) is 17.1 Å². The summed E-state index contributed by atoms with van der Waals surface area (Å²) in [5, 5.41) is 14.7. The summed E-state index contributed by atoms with van der Waals surface area (Å²) in [7, 11) is 1.79. The second-order valence-electron chi connectivity index (χ2n) is 7.39. The molecular formula is C23H27N5O3. The molecule has 8 heteroatoms. The standard InChI is InChI=1S/C23H27N5O3/c1-27(11-10-22(29)26-21-5-3-2-4-18(21)16-24)17-23(30)25-19-6-8-20(9-7-19)28-12-14-31-15-13-28/h2-9H,10-15,17H2,1H3,(H,25,30)(H,26,29). The lowest BCUT2D eigenvalue weighted by molar-refractivity contribution is -0.119. The minimum absolute atomic E-state index is 0.142. The van der Waals surface area contributed by atoms with Gasteiger partial charge in [-0.25, -0.2) is 0 Å². The first kappa shape index (κ1) is 22.3. The number of benzene rings is 2. The first-order valence-electron chi connectivity index (χ1n) is 10.3. The van der Waals surface area contributed by atoms with Gasteiger partial charge in [0.2, 0.25) is 11.8 Å². The predicted molar refractivity (Wildman–Crippen MR) is 120 cm³/mol. The van der Waals surface area contributed by atoms with E-state index in [1.54, 1.807) is 36.2 Å². The molecule has 1 aliphatic rings. The van der Waals surface area contributed by atoms with Crippen LogP contribution in [0.25, 0.3) is 0 Å². The molecule has 3 rings (SSSR count). The van der Waals surface area contributed by atoms with Crippen molar-refractivity contribution in [3.8, 4) is 6.07 Å². The molecule has 0 aromatic heterocycles. The third kappa shape index (κ3) is 6.81. The van der Waals surface area contributed by atoms with Gasteiger partial charge in [0, 0.05) is 37.4 Å². The Morgan fingerprint density at radius 2 is 1.77 bits per heavy atom. The molecule has 0 atom stereocenters. The van der Waals surface area contributed by atoms with Crippen molar-refractivity contribution in [2.45, 2.75) is 6.42 Å². The molecule has 1 aliphatic heterocycles. The van der Waals surface area contributed by atoms with E-state index in [-0.39, 0.29) is 24.8 Å². The van der Waals surface area contributed by atoms with Gasteiger partial charge in [0.25, 0.3) is 0 Å². The van der Waals surface area contributed by atoms with Gasteiger partial charge in [-0.2, -0.15) is 5.26 Å². The van der Waals surface area contributed by atoms with Gasteiger partial charge < -0.3 is 20.3 Å². The van der Waals surface area contributed by atoms with Crippen LogP contribution in [0.5, 0.6) is 0 Å². The molecule has 0 aliphatic carbocycles. The summed E-state index contributed by atoms with van der Waals surface area (Å²) in [6, 6.07) is 16.7. The van der Waals surface area contributed by atoms with E-state index in [9.17, 15) is 9.59 Å². The Bertz CT molecular complexity index is 933. The van der Waals surface area contributed by atoms with Crippen LogP contribution >= 0.6 is 0 Å². The van der Waals surface area contributed by atoms with Crippen LogP contribution in [0.3, 0.4) is 0 Å². The summed E-state index contributed by atoms with van der Waals surface area (Å²) in [6.45, 7) is 3.79. The number of nitrogens with zero attached hydrogens (tertiary/aromatic N) is 3. The third-order valence-electron chi connectivity index (χ3n) is 4.98. The zero-order chi connectivity index (χ0) is 22.1. The largest absolute Gasteiger partial charge is 0.378 e.